The molecule has 1 aliphatic carbocycles. The van der Waals surface area contributed by atoms with Crippen molar-refractivity contribution in [2.24, 2.45) is 5.73 Å². The standard InChI is InChI=1S/C15H31N3O/c1-3-10-17-14(19)12-18(11-4-2)15(13-16)8-6-5-7-9-15/h3-13,16H2,1-2H3,(H,17,19). The summed E-state index contributed by atoms with van der Waals surface area (Å²) in [5.74, 6) is 0.147. The van der Waals surface area contributed by atoms with Crippen molar-refractivity contribution in [1.29, 1.82) is 0 Å². The quantitative estimate of drug-likeness (QED) is 0.707. The van der Waals surface area contributed by atoms with E-state index in [1.54, 1.807) is 0 Å². The maximum Gasteiger partial charge on any atom is 0.234 e. The normalized spacial score (nSPS) is 18.5. The number of amides is 1. The third-order valence-corrected chi connectivity index (χ3v) is 4.24. The first-order valence-corrected chi connectivity index (χ1v) is 7.90. The van der Waals surface area contributed by atoms with Gasteiger partial charge in [0.2, 0.25) is 5.91 Å². The smallest absolute Gasteiger partial charge is 0.234 e. The monoisotopic (exact) mass is 269 g/mol. The van der Waals surface area contributed by atoms with Gasteiger partial charge in [0.05, 0.1) is 6.54 Å². The van der Waals surface area contributed by atoms with E-state index in [1.165, 1.54) is 19.3 Å². The van der Waals surface area contributed by atoms with Gasteiger partial charge in [-0.05, 0) is 32.2 Å². The highest BCUT2D eigenvalue weighted by Crippen LogP contribution is 2.32. The van der Waals surface area contributed by atoms with Crippen molar-refractivity contribution >= 4 is 5.91 Å². The first-order chi connectivity index (χ1) is 9.18. The molecule has 19 heavy (non-hydrogen) atoms. The molecule has 0 bridgehead atoms. The van der Waals surface area contributed by atoms with Crippen LogP contribution in [0.1, 0.15) is 58.8 Å². The molecule has 4 heteroatoms. The summed E-state index contributed by atoms with van der Waals surface area (Å²) >= 11 is 0. The van der Waals surface area contributed by atoms with E-state index in [0.29, 0.717) is 13.1 Å². The van der Waals surface area contributed by atoms with Gasteiger partial charge in [-0.2, -0.15) is 0 Å². The fourth-order valence-electron chi connectivity index (χ4n) is 3.11. The van der Waals surface area contributed by atoms with Crippen LogP contribution in [-0.2, 0) is 4.79 Å². The molecule has 0 aromatic rings. The van der Waals surface area contributed by atoms with Crippen molar-refractivity contribution in [3.63, 3.8) is 0 Å². The lowest BCUT2D eigenvalue weighted by Crippen LogP contribution is -2.57. The van der Waals surface area contributed by atoms with Crippen LogP contribution in [0.25, 0.3) is 0 Å². The van der Waals surface area contributed by atoms with Crippen molar-refractivity contribution in [3.05, 3.63) is 0 Å². The van der Waals surface area contributed by atoms with Crippen molar-refractivity contribution in [1.82, 2.24) is 10.2 Å². The van der Waals surface area contributed by atoms with E-state index in [2.05, 4.69) is 24.1 Å². The Kier molecular flexibility index (Phi) is 7.39. The van der Waals surface area contributed by atoms with Crippen LogP contribution in [0.3, 0.4) is 0 Å². The predicted octanol–water partition coefficient (Wildman–Crippen LogP) is 1.89. The van der Waals surface area contributed by atoms with Crippen molar-refractivity contribution in [3.8, 4) is 0 Å². The zero-order chi connectivity index (χ0) is 14.1. The van der Waals surface area contributed by atoms with E-state index in [-0.39, 0.29) is 11.4 Å². The minimum atomic E-state index is 0.0673. The zero-order valence-electron chi connectivity index (χ0n) is 12.7. The summed E-state index contributed by atoms with van der Waals surface area (Å²) in [6.07, 6.45) is 8.14. The number of rotatable bonds is 8. The summed E-state index contributed by atoms with van der Waals surface area (Å²) < 4.78 is 0. The van der Waals surface area contributed by atoms with Crippen LogP contribution >= 0.6 is 0 Å². The highest BCUT2D eigenvalue weighted by molar-refractivity contribution is 5.78. The fraction of sp³-hybridized carbons (Fsp3) is 0.933. The van der Waals surface area contributed by atoms with Crippen LogP contribution in [0.5, 0.6) is 0 Å². The lowest BCUT2D eigenvalue weighted by molar-refractivity contribution is -0.124. The van der Waals surface area contributed by atoms with Gasteiger partial charge >= 0.3 is 0 Å². The number of nitrogens with two attached hydrogens (primary N) is 1. The molecule has 0 aromatic carbocycles. The molecule has 0 aromatic heterocycles. The summed E-state index contributed by atoms with van der Waals surface area (Å²) in [5, 5.41) is 2.98. The second-order valence-corrected chi connectivity index (χ2v) is 5.76. The average molecular weight is 269 g/mol. The van der Waals surface area contributed by atoms with Gasteiger partial charge in [-0.3, -0.25) is 9.69 Å². The van der Waals surface area contributed by atoms with E-state index in [1.807, 2.05) is 0 Å². The predicted molar refractivity (Wildman–Crippen MR) is 80.0 cm³/mol. The Balaban J connectivity index is 2.65. The number of carbonyl (C=O) groups is 1. The van der Waals surface area contributed by atoms with E-state index >= 15 is 0 Å². The molecular weight excluding hydrogens is 238 g/mol. The molecule has 0 radical (unpaired) electrons. The Labute approximate surface area is 118 Å². The zero-order valence-corrected chi connectivity index (χ0v) is 12.7. The molecule has 0 heterocycles. The van der Waals surface area contributed by atoms with Crippen molar-refractivity contribution in [2.45, 2.75) is 64.3 Å². The molecule has 0 spiro atoms. The van der Waals surface area contributed by atoms with Crippen LogP contribution < -0.4 is 11.1 Å². The van der Waals surface area contributed by atoms with Crippen molar-refractivity contribution in [2.75, 3.05) is 26.2 Å². The fourth-order valence-corrected chi connectivity index (χ4v) is 3.11. The van der Waals surface area contributed by atoms with Crippen LogP contribution in [0.15, 0.2) is 0 Å². The number of hydrogen-bond acceptors (Lipinski definition) is 3. The number of nitrogens with one attached hydrogen (secondary N) is 1. The lowest BCUT2D eigenvalue weighted by Gasteiger charge is -2.45. The van der Waals surface area contributed by atoms with Gasteiger partial charge < -0.3 is 11.1 Å². The maximum atomic E-state index is 12.0. The largest absolute Gasteiger partial charge is 0.355 e. The van der Waals surface area contributed by atoms with E-state index in [4.69, 9.17) is 5.73 Å². The molecule has 1 rings (SSSR count). The maximum absolute atomic E-state index is 12.0. The molecule has 0 unspecified atom stereocenters. The molecule has 0 atom stereocenters. The van der Waals surface area contributed by atoms with Crippen LogP contribution in [0, 0.1) is 0 Å². The molecule has 4 nitrogen and oxygen atoms in total. The highest BCUT2D eigenvalue weighted by Gasteiger charge is 2.36. The Morgan fingerprint density at radius 3 is 2.42 bits per heavy atom. The molecule has 0 saturated heterocycles. The number of hydrogen-bond donors (Lipinski definition) is 2. The molecular formula is C15H31N3O. The molecule has 0 aliphatic heterocycles. The summed E-state index contributed by atoms with van der Waals surface area (Å²) in [5.41, 5.74) is 6.14. The molecule has 112 valence electrons. The summed E-state index contributed by atoms with van der Waals surface area (Å²) in [6.45, 7) is 7.17. The Hall–Kier alpha value is -0.610. The lowest BCUT2D eigenvalue weighted by atomic mass is 9.80. The minimum absolute atomic E-state index is 0.0673. The molecule has 1 fully saturated rings. The van der Waals surface area contributed by atoms with Crippen molar-refractivity contribution < 1.29 is 4.79 Å². The average Bonchev–Trinajstić information content (AvgIpc) is 2.45. The summed E-state index contributed by atoms with van der Waals surface area (Å²) in [4.78, 5) is 14.3. The minimum Gasteiger partial charge on any atom is -0.355 e. The van der Waals surface area contributed by atoms with E-state index in [0.717, 1.165) is 38.8 Å². The van der Waals surface area contributed by atoms with Gasteiger partial charge in [0.15, 0.2) is 0 Å². The Morgan fingerprint density at radius 2 is 1.89 bits per heavy atom. The van der Waals surface area contributed by atoms with Gasteiger partial charge in [-0.25, -0.2) is 0 Å². The van der Waals surface area contributed by atoms with Gasteiger partial charge in [0, 0.05) is 18.6 Å². The topological polar surface area (TPSA) is 58.4 Å². The number of carbonyl (C=O) groups excluding carboxylic acids is 1. The number of nitrogens with zero attached hydrogens (tertiary/aromatic N) is 1. The second kappa shape index (κ2) is 8.54. The third kappa shape index (κ3) is 4.77. The van der Waals surface area contributed by atoms with Gasteiger partial charge in [0.1, 0.15) is 0 Å². The van der Waals surface area contributed by atoms with Crippen LogP contribution in [0.4, 0.5) is 0 Å². The highest BCUT2D eigenvalue weighted by atomic mass is 16.2. The van der Waals surface area contributed by atoms with Gasteiger partial charge in [-0.1, -0.05) is 33.1 Å². The van der Waals surface area contributed by atoms with E-state index < -0.39 is 0 Å². The first-order valence-electron chi connectivity index (χ1n) is 7.90. The summed E-state index contributed by atoms with van der Waals surface area (Å²) in [7, 11) is 0. The Bertz CT molecular complexity index is 262. The molecule has 3 N–H and O–H groups in total. The van der Waals surface area contributed by atoms with E-state index in [9.17, 15) is 4.79 Å². The third-order valence-electron chi connectivity index (χ3n) is 4.24. The van der Waals surface area contributed by atoms with Gasteiger partial charge in [0.25, 0.3) is 0 Å². The second-order valence-electron chi connectivity index (χ2n) is 5.76. The van der Waals surface area contributed by atoms with Crippen LogP contribution in [0.2, 0.25) is 0 Å². The molecule has 1 saturated carbocycles. The first kappa shape index (κ1) is 16.4. The van der Waals surface area contributed by atoms with Crippen LogP contribution in [-0.4, -0.2) is 42.5 Å². The molecule has 1 aliphatic rings. The molecule has 1 amide bonds. The van der Waals surface area contributed by atoms with Gasteiger partial charge in [-0.15, -0.1) is 0 Å². The SMILES string of the molecule is CCCNC(=O)CN(CCC)C1(CN)CCCCC1. The Morgan fingerprint density at radius 1 is 1.21 bits per heavy atom. The summed E-state index contributed by atoms with van der Waals surface area (Å²) in [6, 6.07) is 0.